The van der Waals surface area contributed by atoms with Crippen LogP contribution in [0.25, 0.3) is 16.2 Å². The van der Waals surface area contributed by atoms with Crippen LogP contribution in [0.5, 0.6) is 0 Å². The van der Waals surface area contributed by atoms with Crippen molar-refractivity contribution in [1.29, 1.82) is 0 Å². The first kappa shape index (κ1) is 20.6. The molecule has 0 saturated carbocycles. The fraction of sp³-hybridized carbons (Fsp3) is 0.261. The number of nitrogens with one attached hydrogen (secondary N) is 1. The Bertz CT molecular complexity index is 1220. The van der Waals surface area contributed by atoms with Crippen molar-refractivity contribution in [2.45, 2.75) is 19.4 Å². The molecule has 1 saturated heterocycles. The third kappa shape index (κ3) is 4.20. The lowest BCUT2D eigenvalue weighted by Crippen LogP contribution is -2.43. The molecule has 2 aromatic carbocycles. The quantitative estimate of drug-likeness (QED) is 0.490. The Morgan fingerprint density at radius 1 is 1.16 bits per heavy atom. The second kappa shape index (κ2) is 8.66. The number of aromatic nitrogens is 3. The van der Waals surface area contributed by atoms with Gasteiger partial charge < -0.3 is 10.2 Å². The number of anilines is 1. The van der Waals surface area contributed by atoms with E-state index in [2.05, 4.69) is 20.3 Å². The molecule has 5 rings (SSSR count). The first-order chi connectivity index (χ1) is 15.6. The van der Waals surface area contributed by atoms with Crippen LogP contribution < -0.4 is 10.2 Å². The van der Waals surface area contributed by atoms with Crippen LogP contribution in [0.1, 0.15) is 18.4 Å². The lowest BCUT2D eigenvalue weighted by molar-refractivity contribution is -0.125. The molecule has 32 heavy (non-hydrogen) atoms. The van der Waals surface area contributed by atoms with Crippen LogP contribution in [-0.4, -0.2) is 33.6 Å². The number of hydrogen-bond donors (Lipinski definition) is 1. The Morgan fingerprint density at radius 3 is 2.75 bits per heavy atom. The van der Waals surface area contributed by atoms with Crippen LogP contribution in [0.2, 0.25) is 0 Å². The number of halogens is 2. The fourth-order valence-electron chi connectivity index (χ4n) is 3.91. The highest BCUT2D eigenvalue weighted by Crippen LogP contribution is 2.30. The van der Waals surface area contributed by atoms with Gasteiger partial charge in [0.2, 0.25) is 16.0 Å². The highest BCUT2D eigenvalue weighted by atomic mass is 32.1. The SMILES string of the molecule is O=C(NCc1ccccc1F)C1CCCN(c2nn3cc(-c4ccc(F)cc4)nc3s2)C1. The highest BCUT2D eigenvalue weighted by Gasteiger charge is 2.28. The summed E-state index contributed by atoms with van der Waals surface area (Å²) in [7, 11) is 0. The lowest BCUT2D eigenvalue weighted by atomic mass is 9.97. The topological polar surface area (TPSA) is 62.5 Å². The molecular formula is C23H21F2N5OS. The summed E-state index contributed by atoms with van der Waals surface area (Å²) in [5.74, 6) is -0.851. The van der Waals surface area contributed by atoms with Crippen LogP contribution in [0.3, 0.4) is 0 Å². The first-order valence-electron chi connectivity index (χ1n) is 10.4. The smallest absolute Gasteiger partial charge is 0.225 e. The molecule has 9 heteroatoms. The molecule has 1 unspecified atom stereocenters. The number of nitrogens with zero attached hydrogens (tertiary/aromatic N) is 4. The largest absolute Gasteiger partial charge is 0.352 e. The zero-order valence-corrected chi connectivity index (χ0v) is 18.0. The second-order valence-corrected chi connectivity index (χ2v) is 8.77. The van der Waals surface area contributed by atoms with E-state index >= 15 is 0 Å². The van der Waals surface area contributed by atoms with Crippen LogP contribution in [-0.2, 0) is 11.3 Å². The van der Waals surface area contributed by atoms with Crippen molar-refractivity contribution in [2.24, 2.45) is 5.92 Å². The molecule has 0 aliphatic carbocycles. The van der Waals surface area contributed by atoms with E-state index in [4.69, 9.17) is 0 Å². The number of carbonyl (C=O) groups excluding carboxylic acids is 1. The maximum absolute atomic E-state index is 13.8. The number of imidazole rings is 1. The number of amides is 1. The van der Waals surface area contributed by atoms with Gasteiger partial charge in [-0.25, -0.2) is 18.3 Å². The van der Waals surface area contributed by atoms with Gasteiger partial charge in [-0.1, -0.05) is 29.5 Å². The van der Waals surface area contributed by atoms with Gasteiger partial charge in [0.25, 0.3) is 0 Å². The van der Waals surface area contributed by atoms with Crippen molar-refractivity contribution in [3.8, 4) is 11.3 Å². The van der Waals surface area contributed by atoms with Crippen LogP contribution in [0.15, 0.2) is 54.7 Å². The van der Waals surface area contributed by atoms with Crippen LogP contribution in [0, 0.1) is 17.6 Å². The highest BCUT2D eigenvalue weighted by molar-refractivity contribution is 7.20. The molecule has 1 amide bonds. The van der Waals surface area contributed by atoms with Crippen molar-refractivity contribution in [2.75, 3.05) is 18.0 Å². The zero-order valence-electron chi connectivity index (χ0n) is 17.2. The number of hydrogen-bond acceptors (Lipinski definition) is 5. The summed E-state index contributed by atoms with van der Waals surface area (Å²) in [4.78, 5) is 20.1. The van der Waals surface area contributed by atoms with Crippen LogP contribution >= 0.6 is 11.3 Å². The van der Waals surface area contributed by atoms with Gasteiger partial charge in [0.15, 0.2) is 0 Å². The van der Waals surface area contributed by atoms with E-state index in [1.807, 2.05) is 6.20 Å². The molecule has 3 heterocycles. The normalized spacial score (nSPS) is 16.4. The molecule has 1 aliphatic heterocycles. The molecule has 1 aliphatic rings. The summed E-state index contributed by atoms with van der Waals surface area (Å²) >= 11 is 1.46. The van der Waals surface area contributed by atoms with Gasteiger partial charge >= 0.3 is 0 Å². The molecule has 0 radical (unpaired) electrons. The molecule has 164 valence electrons. The third-order valence-electron chi connectivity index (χ3n) is 5.65. The second-order valence-electron chi connectivity index (χ2n) is 7.84. The van der Waals surface area contributed by atoms with Gasteiger partial charge in [-0.05, 0) is 43.2 Å². The number of fused-ring (bicyclic) bond motifs is 1. The maximum atomic E-state index is 13.8. The average Bonchev–Trinajstić information content (AvgIpc) is 3.39. The average molecular weight is 454 g/mol. The number of piperidine rings is 1. The van der Waals surface area contributed by atoms with Crippen molar-refractivity contribution < 1.29 is 13.6 Å². The summed E-state index contributed by atoms with van der Waals surface area (Å²) in [6.45, 7) is 1.56. The van der Waals surface area contributed by atoms with E-state index in [-0.39, 0.29) is 30.0 Å². The molecule has 1 N–H and O–H groups in total. The van der Waals surface area contributed by atoms with Crippen molar-refractivity contribution in [3.05, 3.63) is 71.9 Å². The van der Waals surface area contributed by atoms with Crippen molar-refractivity contribution >= 4 is 27.3 Å². The Balaban J connectivity index is 1.25. The van der Waals surface area contributed by atoms with E-state index in [0.717, 1.165) is 40.7 Å². The Kier molecular flexibility index (Phi) is 5.57. The van der Waals surface area contributed by atoms with Gasteiger partial charge in [-0.15, -0.1) is 5.10 Å². The number of benzene rings is 2. The molecule has 2 aromatic heterocycles. The number of rotatable bonds is 5. The zero-order chi connectivity index (χ0) is 22.1. The predicted molar refractivity (Wildman–Crippen MR) is 119 cm³/mol. The van der Waals surface area contributed by atoms with Gasteiger partial charge in [-0.2, -0.15) is 0 Å². The van der Waals surface area contributed by atoms with Gasteiger partial charge in [0, 0.05) is 30.8 Å². The molecule has 0 bridgehead atoms. The molecule has 0 spiro atoms. The Hall–Kier alpha value is -3.33. The van der Waals surface area contributed by atoms with Crippen LogP contribution in [0.4, 0.5) is 13.9 Å². The van der Waals surface area contributed by atoms with E-state index < -0.39 is 0 Å². The van der Waals surface area contributed by atoms with Crippen molar-refractivity contribution in [3.63, 3.8) is 0 Å². The van der Waals surface area contributed by atoms with E-state index in [9.17, 15) is 13.6 Å². The maximum Gasteiger partial charge on any atom is 0.225 e. The fourth-order valence-corrected chi connectivity index (χ4v) is 4.83. The third-order valence-corrected chi connectivity index (χ3v) is 6.63. The Labute approximate surface area is 187 Å². The standard InChI is InChI=1S/C23H21F2N5OS/c24-18-9-7-15(8-10-18)20-14-30-22(27-20)32-23(28-30)29-11-3-5-17(13-29)21(31)26-12-16-4-1-2-6-19(16)25/h1-2,4,6-10,14,17H,3,5,11-13H2,(H,26,31). The number of carbonyl (C=O) groups is 1. The van der Waals surface area contributed by atoms with E-state index in [1.165, 1.54) is 29.5 Å². The van der Waals surface area contributed by atoms with Gasteiger partial charge in [0.1, 0.15) is 11.6 Å². The Morgan fingerprint density at radius 2 is 1.97 bits per heavy atom. The minimum atomic E-state index is -0.316. The molecular weight excluding hydrogens is 432 g/mol. The summed E-state index contributed by atoms with van der Waals surface area (Å²) in [5.41, 5.74) is 2.04. The molecule has 1 fully saturated rings. The molecule has 1 atom stereocenters. The monoisotopic (exact) mass is 453 g/mol. The predicted octanol–water partition coefficient (Wildman–Crippen LogP) is 4.27. The van der Waals surface area contributed by atoms with E-state index in [1.54, 1.807) is 34.8 Å². The minimum Gasteiger partial charge on any atom is -0.352 e. The molecule has 4 aromatic rings. The minimum absolute atomic E-state index is 0.0714. The summed E-state index contributed by atoms with van der Waals surface area (Å²) in [5, 5.41) is 8.32. The van der Waals surface area contributed by atoms with Crippen molar-refractivity contribution in [1.82, 2.24) is 19.9 Å². The summed E-state index contributed by atoms with van der Waals surface area (Å²) < 4.78 is 28.7. The van der Waals surface area contributed by atoms with Gasteiger partial charge in [-0.3, -0.25) is 4.79 Å². The first-order valence-corrected chi connectivity index (χ1v) is 11.3. The van der Waals surface area contributed by atoms with Gasteiger partial charge in [0.05, 0.1) is 17.8 Å². The summed E-state index contributed by atoms with van der Waals surface area (Å²) in [6.07, 6.45) is 3.49. The summed E-state index contributed by atoms with van der Waals surface area (Å²) in [6, 6.07) is 12.7. The molecule has 6 nitrogen and oxygen atoms in total. The lowest BCUT2D eigenvalue weighted by Gasteiger charge is -2.31. The van der Waals surface area contributed by atoms with E-state index in [0.29, 0.717) is 12.1 Å².